The lowest BCUT2D eigenvalue weighted by molar-refractivity contribution is -0.383. The minimum atomic E-state index is -0.542. The number of nitro benzene ring substituents is 1. The summed E-state index contributed by atoms with van der Waals surface area (Å²) in [5, 5.41) is 24.3. The minimum absolute atomic E-state index is 0.150. The van der Waals surface area contributed by atoms with Gasteiger partial charge in [0.15, 0.2) is 0 Å². The maximum atomic E-state index is 12.1. The standard InChI is InChI=1S/C11H12N6O3S/c1-7(21-11-13-14-15-16(11)2)10(18)12-8-5-3-4-6-9(8)17(19)20/h3-7H,1-2H3,(H,12,18)/t7-/m0/s1. The number of carbonyl (C=O) groups excluding carboxylic acids is 1. The summed E-state index contributed by atoms with van der Waals surface area (Å²) in [5.74, 6) is -0.364. The second kappa shape index (κ2) is 6.31. The lowest BCUT2D eigenvalue weighted by atomic mass is 10.2. The SMILES string of the molecule is C[C@H](Sc1nnnn1C)C(=O)Nc1ccccc1[N+](=O)[O-]. The Labute approximate surface area is 123 Å². The van der Waals surface area contributed by atoms with Crippen molar-refractivity contribution in [2.75, 3.05) is 5.32 Å². The molecule has 0 aliphatic rings. The van der Waals surface area contributed by atoms with Crippen LogP contribution < -0.4 is 5.32 Å². The molecule has 9 nitrogen and oxygen atoms in total. The van der Waals surface area contributed by atoms with Gasteiger partial charge in [-0.15, -0.1) is 5.10 Å². The van der Waals surface area contributed by atoms with Crippen LogP contribution in [0, 0.1) is 10.1 Å². The molecular weight excluding hydrogens is 296 g/mol. The molecule has 2 aromatic rings. The molecule has 1 amide bonds. The van der Waals surface area contributed by atoms with Crippen molar-refractivity contribution in [3.8, 4) is 0 Å². The maximum Gasteiger partial charge on any atom is 0.292 e. The monoisotopic (exact) mass is 308 g/mol. The van der Waals surface area contributed by atoms with Crippen LogP contribution in [-0.4, -0.2) is 36.3 Å². The molecule has 0 saturated carbocycles. The molecule has 1 atom stereocenters. The summed E-state index contributed by atoms with van der Waals surface area (Å²) in [6, 6.07) is 5.97. The van der Waals surface area contributed by atoms with Gasteiger partial charge in [0.2, 0.25) is 11.1 Å². The van der Waals surface area contributed by atoms with Crippen LogP contribution >= 0.6 is 11.8 Å². The molecule has 0 radical (unpaired) electrons. The zero-order chi connectivity index (χ0) is 15.4. The van der Waals surface area contributed by atoms with Crippen LogP contribution in [0.3, 0.4) is 0 Å². The molecule has 110 valence electrons. The third-order valence-corrected chi connectivity index (χ3v) is 3.72. The van der Waals surface area contributed by atoms with Crippen molar-refractivity contribution in [2.24, 2.45) is 7.05 Å². The number of benzene rings is 1. The number of amides is 1. The molecule has 0 spiro atoms. The van der Waals surface area contributed by atoms with Crippen molar-refractivity contribution >= 4 is 29.0 Å². The van der Waals surface area contributed by atoms with Gasteiger partial charge in [-0.25, -0.2) is 4.68 Å². The van der Waals surface area contributed by atoms with Crippen LogP contribution in [0.4, 0.5) is 11.4 Å². The fraction of sp³-hybridized carbons (Fsp3) is 0.273. The summed E-state index contributed by atoms with van der Waals surface area (Å²) in [7, 11) is 1.66. The quantitative estimate of drug-likeness (QED) is 0.501. The fourth-order valence-corrected chi connectivity index (χ4v) is 2.26. The van der Waals surface area contributed by atoms with Gasteiger partial charge in [-0.2, -0.15) is 0 Å². The molecule has 1 aromatic carbocycles. The highest BCUT2D eigenvalue weighted by Gasteiger charge is 2.21. The summed E-state index contributed by atoms with van der Waals surface area (Å²) in [5.41, 5.74) is 0.0133. The molecule has 1 N–H and O–H groups in total. The van der Waals surface area contributed by atoms with Crippen LogP contribution in [0.1, 0.15) is 6.92 Å². The predicted molar refractivity (Wildman–Crippen MR) is 75.8 cm³/mol. The number of para-hydroxylation sites is 2. The summed E-state index contributed by atoms with van der Waals surface area (Å²) >= 11 is 1.16. The molecule has 0 aliphatic carbocycles. The average Bonchev–Trinajstić information content (AvgIpc) is 2.84. The van der Waals surface area contributed by atoms with Gasteiger partial charge in [-0.05, 0) is 23.4 Å². The Morgan fingerprint density at radius 3 is 2.81 bits per heavy atom. The molecule has 0 saturated heterocycles. The van der Waals surface area contributed by atoms with Gasteiger partial charge in [0.05, 0.1) is 10.2 Å². The van der Waals surface area contributed by atoms with Crippen LogP contribution in [0.5, 0.6) is 0 Å². The Kier molecular flexibility index (Phi) is 4.48. The fourth-order valence-electron chi connectivity index (χ4n) is 1.51. The Morgan fingerprint density at radius 2 is 2.19 bits per heavy atom. The van der Waals surface area contributed by atoms with E-state index in [2.05, 4.69) is 20.8 Å². The van der Waals surface area contributed by atoms with E-state index in [1.54, 1.807) is 20.0 Å². The van der Waals surface area contributed by atoms with E-state index in [1.807, 2.05) is 0 Å². The molecule has 2 rings (SSSR count). The summed E-state index contributed by atoms with van der Waals surface area (Å²) in [6.45, 7) is 1.67. The topological polar surface area (TPSA) is 116 Å². The Hall–Kier alpha value is -2.49. The smallest absolute Gasteiger partial charge is 0.292 e. The lowest BCUT2D eigenvalue weighted by Crippen LogP contribution is -2.23. The number of rotatable bonds is 5. The molecule has 10 heteroatoms. The van der Waals surface area contributed by atoms with E-state index in [-0.39, 0.29) is 17.3 Å². The molecule has 0 aliphatic heterocycles. The number of nitrogens with one attached hydrogen (secondary N) is 1. The Morgan fingerprint density at radius 1 is 1.48 bits per heavy atom. The average molecular weight is 308 g/mol. The van der Waals surface area contributed by atoms with Crippen molar-refractivity contribution in [3.05, 3.63) is 34.4 Å². The number of nitrogens with zero attached hydrogens (tertiary/aromatic N) is 5. The van der Waals surface area contributed by atoms with Gasteiger partial charge in [-0.1, -0.05) is 23.9 Å². The van der Waals surface area contributed by atoms with Gasteiger partial charge >= 0.3 is 0 Å². The van der Waals surface area contributed by atoms with Gasteiger partial charge in [0.1, 0.15) is 5.69 Å². The number of carbonyl (C=O) groups is 1. The van der Waals surface area contributed by atoms with Crippen LogP contribution in [0.15, 0.2) is 29.4 Å². The van der Waals surface area contributed by atoms with Crippen LogP contribution in [0.25, 0.3) is 0 Å². The number of tetrazole rings is 1. The molecule has 1 heterocycles. The number of aryl methyl sites for hydroxylation is 1. The highest BCUT2D eigenvalue weighted by Crippen LogP contribution is 2.25. The second-order valence-electron chi connectivity index (χ2n) is 4.11. The molecule has 0 fully saturated rings. The minimum Gasteiger partial charge on any atom is -0.319 e. The third kappa shape index (κ3) is 3.54. The van der Waals surface area contributed by atoms with Gasteiger partial charge in [0.25, 0.3) is 5.69 Å². The summed E-state index contributed by atoms with van der Waals surface area (Å²) < 4.78 is 1.44. The van der Waals surface area contributed by atoms with Gasteiger partial charge in [-0.3, -0.25) is 14.9 Å². The zero-order valence-corrected chi connectivity index (χ0v) is 12.1. The Bertz CT molecular complexity index is 673. The number of hydrogen-bond acceptors (Lipinski definition) is 7. The highest BCUT2D eigenvalue weighted by atomic mass is 32.2. The van der Waals surface area contributed by atoms with Crippen molar-refractivity contribution in [2.45, 2.75) is 17.3 Å². The first-order chi connectivity index (χ1) is 9.99. The summed E-state index contributed by atoms with van der Waals surface area (Å²) in [4.78, 5) is 22.4. The van der Waals surface area contributed by atoms with Crippen molar-refractivity contribution < 1.29 is 9.72 Å². The molecular formula is C11H12N6O3S. The first kappa shape index (κ1) is 14.9. The Balaban J connectivity index is 2.08. The summed E-state index contributed by atoms with van der Waals surface area (Å²) in [6.07, 6.45) is 0. The normalized spacial score (nSPS) is 11.9. The van der Waals surface area contributed by atoms with E-state index in [9.17, 15) is 14.9 Å². The van der Waals surface area contributed by atoms with Crippen molar-refractivity contribution in [1.82, 2.24) is 20.2 Å². The first-order valence-electron chi connectivity index (χ1n) is 5.92. The number of thioether (sulfide) groups is 1. The number of hydrogen-bond donors (Lipinski definition) is 1. The van der Waals surface area contributed by atoms with Crippen LogP contribution in [0.2, 0.25) is 0 Å². The second-order valence-corrected chi connectivity index (χ2v) is 5.42. The van der Waals surface area contributed by atoms with Gasteiger partial charge in [0, 0.05) is 13.1 Å². The van der Waals surface area contributed by atoms with Crippen LogP contribution in [-0.2, 0) is 11.8 Å². The van der Waals surface area contributed by atoms with Gasteiger partial charge < -0.3 is 5.32 Å². The lowest BCUT2D eigenvalue weighted by Gasteiger charge is -2.10. The molecule has 0 bridgehead atoms. The number of anilines is 1. The molecule has 1 aromatic heterocycles. The third-order valence-electron chi connectivity index (χ3n) is 2.59. The zero-order valence-electron chi connectivity index (χ0n) is 11.3. The largest absolute Gasteiger partial charge is 0.319 e. The maximum absolute atomic E-state index is 12.1. The van der Waals surface area contributed by atoms with Crippen molar-refractivity contribution in [1.29, 1.82) is 0 Å². The van der Waals surface area contributed by atoms with E-state index in [0.717, 1.165) is 11.8 Å². The van der Waals surface area contributed by atoms with E-state index < -0.39 is 10.2 Å². The molecule has 0 unspecified atom stereocenters. The van der Waals surface area contributed by atoms with E-state index in [4.69, 9.17) is 0 Å². The van der Waals surface area contributed by atoms with E-state index in [1.165, 1.54) is 22.9 Å². The number of nitro groups is 1. The van der Waals surface area contributed by atoms with E-state index >= 15 is 0 Å². The van der Waals surface area contributed by atoms with E-state index in [0.29, 0.717) is 5.16 Å². The highest BCUT2D eigenvalue weighted by molar-refractivity contribution is 8.00. The predicted octanol–water partition coefficient (Wildman–Crippen LogP) is 1.24. The first-order valence-corrected chi connectivity index (χ1v) is 6.80. The molecule has 21 heavy (non-hydrogen) atoms. The van der Waals surface area contributed by atoms with Crippen molar-refractivity contribution in [3.63, 3.8) is 0 Å². The number of aromatic nitrogens is 4.